The molecule has 33 heavy (non-hydrogen) atoms. The molecule has 3 aromatic heterocycles. The second-order valence-corrected chi connectivity index (χ2v) is 12.0. The molecule has 1 saturated heterocycles. The van der Waals surface area contributed by atoms with Crippen LogP contribution < -0.4 is 0 Å². The summed E-state index contributed by atoms with van der Waals surface area (Å²) in [6, 6.07) is 13.5. The number of para-hydroxylation sites is 1. The topological polar surface area (TPSA) is 38.1 Å². The Morgan fingerprint density at radius 1 is 1.12 bits per heavy atom. The molecule has 0 spiro atoms. The van der Waals surface area contributed by atoms with E-state index in [1.165, 1.54) is 56.0 Å². The summed E-state index contributed by atoms with van der Waals surface area (Å²) in [6.45, 7) is 11.7. The average molecular weight is 465 g/mol. The highest BCUT2D eigenvalue weighted by molar-refractivity contribution is 7.18. The van der Waals surface area contributed by atoms with Crippen molar-refractivity contribution in [3.63, 3.8) is 0 Å². The van der Waals surface area contributed by atoms with Crippen LogP contribution in [0.15, 0.2) is 36.4 Å². The van der Waals surface area contributed by atoms with Gasteiger partial charge >= 0.3 is 0 Å². The van der Waals surface area contributed by atoms with Crippen LogP contribution in [0.25, 0.3) is 21.1 Å². The van der Waals surface area contributed by atoms with Crippen LogP contribution >= 0.6 is 11.3 Å². The predicted molar refractivity (Wildman–Crippen MR) is 136 cm³/mol. The number of fused-ring (bicyclic) bond motifs is 4. The summed E-state index contributed by atoms with van der Waals surface area (Å²) in [5.41, 5.74) is 3.84. The zero-order valence-electron chi connectivity index (χ0n) is 19.9. The quantitative estimate of drug-likeness (QED) is 0.367. The summed E-state index contributed by atoms with van der Waals surface area (Å²) in [5.74, 6) is 0.817. The third kappa shape index (κ3) is 3.82. The molecular formula is C27H33FN4S. The molecule has 6 heteroatoms. The molecule has 5 heterocycles. The van der Waals surface area contributed by atoms with Gasteiger partial charge in [0.1, 0.15) is 10.5 Å². The van der Waals surface area contributed by atoms with Gasteiger partial charge in [0.15, 0.2) is 0 Å². The van der Waals surface area contributed by atoms with Crippen LogP contribution in [0.5, 0.6) is 0 Å². The number of nitrogens with one attached hydrogen (secondary N) is 2. The molecule has 6 rings (SSSR count). The molecule has 1 fully saturated rings. The van der Waals surface area contributed by atoms with Crippen molar-refractivity contribution in [3.8, 4) is 0 Å². The minimum Gasteiger partial charge on any atom is -0.357 e. The maximum Gasteiger partial charge on any atom is 0.118 e. The van der Waals surface area contributed by atoms with E-state index in [1.54, 1.807) is 13.8 Å². The number of H-pyrrole nitrogens is 2. The second-order valence-electron chi connectivity index (χ2n) is 10.9. The van der Waals surface area contributed by atoms with E-state index >= 15 is 0 Å². The van der Waals surface area contributed by atoms with Crippen LogP contribution in [0.3, 0.4) is 0 Å². The fourth-order valence-electron chi connectivity index (χ4n) is 5.91. The van der Waals surface area contributed by atoms with Crippen LogP contribution in [0, 0.1) is 5.92 Å². The van der Waals surface area contributed by atoms with Gasteiger partial charge in [-0.2, -0.15) is 0 Å². The zero-order valence-corrected chi connectivity index (χ0v) is 20.7. The number of alkyl halides is 1. The van der Waals surface area contributed by atoms with Gasteiger partial charge in [-0.1, -0.05) is 25.1 Å². The largest absolute Gasteiger partial charge is 0.357 e. The lowest BCUT2D eigenvalue weighted by Crippen LogP contribution is -2.47. The highest BCUT2D eigenvalue weighted by Crippen LogP contribution is 2.44. The Labute approximate surface area is 198 Å². The lowest BCUT2D eigenvalue weighted by Gasteiger charge is -2.42. The van der Waals surface area contributed by atoms with Gasteiger partial charge in [-0.3, -0.25) is 9.80 Å². The smallest absolute Gasteiger partial charge is 0.118 e. The Bertz CT molecular complexity index is 1270. The fraction of sp³-hybridized carbons (Fsp3) is 0.481. The van der Waals surface area contributed by atoms with Crippen molar-refractivity contribution in [1.82, 2.24) is 19.8 Å². The normalized spacial score (nSPS) is 22.8. The van der Waals surface area contributed by atoms with Crippen LogP contribution in [0.2, 0.25) is 0 Å². The van der Waals surface area contributed by atoms with E-state index in [9.17, 15) is 4.39 Å². The first-order valence-corrected chi connectivity index (χ1v) is 12.9. The van der Waals surface area contributed by atoms with Gasteiger partial charge in [-0.05, 0) is 56.9 Å². The van der Waals surface area contributed by atoms with Crippen molar-refractivity contribution in [3.05, 3.63) is 58.2 Å². The molecule has 2 aliphatic rings. The molecule has 1 aromatic carbocycles. The minimum atomic E-state index is -1.25. The number of aromatic amines is 2. The molecule has 0 amide bonds. The van der Waals surface area contributed by atoms with E-state index in [0.717, 1.165) is 18.9 Å². The number of likely N-dealkylation sites (tertiary alicyclic amines) is 1. The predicted octanol–water partition coefficient (Wildman–Crippen LogP) is 6.25. The van der Waals surface area contributed by atoms with Crippen molar-refractivity contribution in [2.45, 2.75) is 58.4 Å². The Morgan fingerprint density at radius 2 is 1.91 bits per heavy atom. The van der Waals surface area contributed by atoms with E-state index in [0.29, 0.717) is 6.54 Å². The number of hydrogen-bond donors (Lipinski definition) is 2. The molecule has 0 aliphatic carbocycles. The molecular weight excluding hydrogens is 431 g/mol. The van der Waals surface area contributed by atoms with Gasteiger partial charge in [0.2, 0.25) is 0 Å². The third-order valence-electron chi connectivity index (χ3n) is 7.26. The van der Waals surface area contributed by atoms with Gasteiger partial charge in [-0.15, -0.1) is 11.3 Å². The summed E-state index contributed by atoms with van der Waals surface area (Å²) >= 11 is 1.82. The fourth-order valence-corrected chi connectivity index (χ4v) is 7.12. The van der Waals surface area contributed by atoms with E-state index in [4.69, 9.17) is 0 Å². The Balaban J connectivity index is 1.40. The van der Waals surface area contributed by atoms with Crippen LogP contribution in [-0.2, 0) is 13.0 Å². The summed E-state index contributed by atoms with van der Waals surface area (Å²) in [6.07, 6.45) is 0.938. The summed E-state index contributed by atoms with van der Waals surface area (Å²) in [4.78, 5) is 14.8. The summed E-state index contributed by atoms with van der Waals surface area (Å²) < 4.78 is 14.9. The molecule has 0 radical (unpaired) electrons. The van der Waals surface area contributed by atoms with Crippen LogP contribution in [0.4, 0.5) is 4.39 Å². The highest BCUT2D eigenvalue weighted by atomic mass is 32.1. The average Bonchev–Trinajstić information content (AvgIpc) is 3.37. The van der Waals surface area contributed by atoms with Crippen molar-refractivity contribution in [1.29, 1.82) is 0 Å². The Morgan fingerprint density at radius 3 is 2.64 bits per heavy atom. The van der Waals surface area contributed by atoms with Gasteiger partial charge in [-0.25, -0.2) is 4.39 Å². The summed E-state index contributed by atoms with van der Waals surface area (Å²) in [5, 5.41) is 2.57. The second kappa shape index (κ2) is 7.69. The number of nitrogens with zero attached hydrogens (tertiary/aromatic N) is 2. The van der Waals surface area contributed by atoms with Gasteiger partial charge in [0.05, 0.1) is 6.04 Å². The molecule has 0 saturated carbocycles. The first kappa shape index (κ1) is 21.4. The van der Waals surface area contributed by atoms with E-state index < -0.39 is 5.67 Å². The van der Waals surface area contributed by atoms with E-state index in [1.807, 2.05) is 11.3 Å². The number of thiophene rings is 1. The van der Waals surface area contributed by atoms with E-state index in [2.05, 4.69) is 70.0 Å². The van der Waals surface area contributed by atoms with Gasteiger partial charge in [0, 0.05) is 64.8 Å². The molecule has 4 nitrogen and oxygen atoms in total. The lowest BCUT2D eigenvalue weighted by molar-refractivity contribution is 0.0679. The maximum atomic E-state index is 14.9. The monoisotopic (exact) mass is 464 g/mol. The number of aromatic nitrogens is 2. The van der Waals surface area contributed by atoms with Gasteiger partial charge < -0.3 is 9.97 Å². The molecule has 2 N–H and O–H groups in total. The summed E-state index contributed by atoms with van der Waals surface area (Å²) in [7, 11) is 0. The number of hydrogen-bond acceptors (Lipinski definition) is 3. The molecule has 2 aliphatic heterocycles. The first-order valence-electron chi connectivity index (χ1n) is 12.1. The molecule has 0 bridgehead atoms. The maximum absolute atomic E-state index is 14.9. The molecule has 174 valence electrons. The zero-order chi connectivity index (χ0) is 22.9. The van der Waals surface area contributed by atoms with Crippen molar-refractivity contribution < 1.29 is 4.39 Å². The van der Waals surface area contributed by atoms with E-state index in [-0.39, 0.29) is 12.1 Å². The van der Waals surface area contributed by atoms with Crippen molar-refractivity contribution in [2.75, 3.05) is 19.6 Å². The number of benzene rings is 1. The third-order valence-corrected chi connectivity index (χ3v) is 8.38. The number of rotatable bonds is 5. The first-order chi connectivity index (χ1) is 15.7. The van der Waals surface area contributed by atoms with Crippen molar-refractivity contribution in [2.24, 2.45) is 5.92 Å². The SMILES string of the molecule is CC1CN(Cc2cc3cc([C@@H]4c5[nH]c6ccccc6c5C[C@@H](C)N4CC(C)(C)F)sc3[nH]2)C1. The minimum absolute atomic E-state index is 0.0386. The lowest BCUT2D eigenvalue weighted by atomic mass is 9.90. The molecule has 4 aromatic rings. The van der Waals surface area contributed by atoms with Crippen molar-refractivity contribution >= 4 is 32.5 Å². The van der Waals surface area contributed by atoms with Crippen LogP contribution in [-0.4, -0.2) is 51.1 Å². The molecule has 2 atom stereocenters. The molecule has 0 unspecified atom stereocenters. The number of halogens is 1. The van der Waals surface area contributed by atoms with Gasteiger partial charge in [0.25, 0.3) is 0 Å². The Hall–Kier alpha value is -2.15. The highest BCUT2D eigenvalue weighted by Gasteiger charge is 2.39. The van der Waals surface area contributed by atoms with Crippen LogP contribution in [0.1, 0.15) is 55.6 Å². The Kier molecular flexibility index (Phi) is 4.98. The standard InChI is InChI=1S/C27H33FN4S/c1-16-12-31(13-16)14-19-10-18-11-23(33-26(18)29-19)25-24-21(20-7-5-6-8-22(20)30-24)9-17(2)32(25)15-27(3,4)28/h5-8,10-11,16-17,25,29-30H,9,12-15H2,1-4H3/t17-,25-/m1/s1.